The molecule has 0 aliphatic rings. The minimum Gasteiger partial charge on any atom is -0.481 e. The van der Waals surface area contributed by atoms with Gasteiger partial charge in [-0.3, -0.25) is 9.59 Å². The number of nitrogens with zero attached hydrogens (tertiary/aromatic N) is 2. The number of H-pyrrole nitrogens is 1. The van der Waals surface area contributed by atoms with Gasteiger partial charge in [0.05, 0.1) is 31.2 Å². The first kappa shape index (κ1) is 18.9. The van der Waals surface area contributed by atoms with Gasteiger partial charge in [0.1, 0.15) is 4.88 Å². The van der Waals surface area contributed by atoms with Crippen LogP contribution in [0.1, 0.15) is 22.3 Å². The normalized spacial score (nSPS) is 10.4. The summed E-state index contributed by atoms with van der Waals surface area (Å²) < 4.78 is 9.83. The van der Waals surface area contributed by atoms with Crippen LogP contribution in [0, 0.1) is 6.92 Å². The molecule has 9 nitrogen and oxygen atoms in total. The lowest BCUT2D eigenvalue weighted by Gasteiger charge is -2.03. The van der Waals surface area contributed by atoms with Crippen molar-refractivity contribution in [3.63, 3.8) is 0 Å². The largest absolute Gasteiger partial charge is 0.481 e. The van der Waals surface area contributed by atoms with Gasteiger partial charge in [-0.05, 0) is 13.8 Å². The molecule has 0 bridgehead atoms. The van der Waals surface area contributed by atoms with Gasteiger partial charge >= 0.3 is 5.97 Å². The molecule has 11 heteroatoms. The van der Waals surface area contributed by atoms with E-state index in [1.54, 1.807) is 13.8 Å². The van der Waals surface area contributed by atoms with Gasteiger partial charge in [0.25, 0.3) is 5.56 Å². The Bertz CT molecular complexity index is 833. The molecule has 0 unspecified atom stereocenters. The molecule has 0 spiro atoms. The smallest absolute Gasteiger partial charge is 0.350 e. The molecule has 0 fully saturated rings. The average molecular weight is 384 g/mol. The molecule has 2 rings (SSSR count). The van der Waals surface area contributed by atoms with E-state index in [2.05, 4.69) is 20.3 Å². The van der Waals surface area contributed by atoms with E-state index in [9.17, 15) is 14.4 Å². The molecule has 2 aromatic heterocycles. The monoisotopic (exact) mass is 384 g/mol. The Morgan fingerprint density at radius 1 is 1.40 bits per heavy atom. The number of ether oxygens (including phenoxy) is 2. The summed E-state index contributed by atoms with van der Waals surface area (Å²) in [6.07, 6.45) is 0. The SMILES string of the molecule is CCOC(=O)c1sc(NC(=O)CSc2nc(OC)cc(=O)[nH]2)nc1C. The number of amides is 1. The summed E-state index contributed by atoms with van der Waals surface area (Å²) in [6.45, 7) is 3.64. The zero-order chi connectivity index (χ0) is 18.4. The van der Waals surface area contributed by atoms with Gasteiger partial charge in [0, 0.05) is 0 Å². The van der Waals surface area contributed by atoms with Gasteiger partial charge in [-0.25, -0.2) is 9.78 Å². The number of hydrogen-bond donors (Lipinski definition) is 2. The fourth-order valence-electron chi connectivity index (χ4n) is 1.71. The minimum atomic E-state index is -0.467. The van der Waals surface area contributed by atoms with E-state index in [0.29, 0.717) is 15.7 Å². The molecule has 0 aliphatic heterocycles. The summed E-state index contributed by atoms with van der Waals surface area (Å²) >= 11 is 2.09. The zero-order valence-corrected chi connectivity index (χ0v) is 15.4. The lowest BCUT2D eigenvalue weighted by Crippen LogP contribution is -2.15. The second-order valence-corrected chi connectivity index (χ2v) is 6.55. The number of thiazole rings is 1. The minimum absolute atomic E-state index is 0.00345. The van der Waals surface area contributed by atoms with Gasteiger partial charge in [0.2, 0.25) is 11.8 Å². The highest BCUT2D eigenvalue weighted by molar-refractivity contribution is 7.99. The summed E-state index contributed by atoms with van der Waals surface area (Å²) in [5, 5.41) is 3.17. The maximum Gasteiger partial charge on any atom is 0.350 e. The Hall–Kier alpha value is -2.40. The molecule has 0 atom stereocenters. The topological polar surface area (TPSA) is 123 Å². The van der Waals surface area contributed by atoms with Crippen molar-refractivity contribution >= 4 is 40.1 Å². The molecule has 25 heavy (non-hydrogen) atoms. The van der Waals surface area contributed by atoms with Crippen molar-refractivity contribution in [2.24, 2.45) is 0 Å². The number of aromatic amines is 1. The molecule has 0 aromatic carbocycles. The first-order valence-electron chi connectivity index (χ1n) is 7.15. The second-order valence-electron chi connectivity index (χ2n) is 4.58. The summed E-state index contributed by atoms with van der Waals surface area (Å²) in [6, 6.07) is 1.21. The molecule has 2 heterocycles. The fourth-order valence-corrected chi connectivity index (χ4v) is 3.26. The van der Waals surface area contributed by atoms with E-state index < -0.39 is 5.97 Å². The van der Waals surface area contributed by atoms with E-state index in [4.69, 9.17) is 9.47 Å². The highest BCUT2D eigenvalue weighted by Gasteiger charge is 2.17. The van der Waals surface area contributed by atoms with E-state index >= 15 is 0 Å². The third-order valence-corrected chi connectivity index (χ3v) is 4.68. The number of carbonyl (C=O) groups excluding carboxylic acids is 2. The molecule has 0 saturated heterocycles. The highest BCUT2D eigenvalue weighted by atomic mass is 32.2. The van der Waals surface area contributed by atoms with E-state index in [1.165, 1.54) is 13.2 Å². The number of nitrogens with one attached hydrogen (secondary N) is 2. The van der Waals surface area contributed by atoms with Gasteiger partial charge in [-0.2, -0.15) is 4.98 Å². The van der Waals surface area contributed by atoms with E-state index in [0.717, 1.165) is 23.1 Å². The van der Waals surface area contributed by atoms with Gasteiger partial charge in [-0.15, -0.1) is 0 Å². The van der Waals surface area contributed by atoms with Crippen LogP contribution >= 0.6 is 23.1 Å². The predicted octanol–water partition coefficient (Wildman–Crippen LogP) is 1.45. The van der Waals surface area contributed by atoms with Crippen molar-refractivity contribution in [3.8, 4) is 5.88 Å². The molecule has 0 aliphatic carbocycles. The van der Waals surface area contributed by atoms with Crippen LogP contribution in [0.2, 0.25) is 0 Å². The van der Waals surface area contributed by atoms with Crippen LogP contribution in [-0.2, 0) is 9.53 Å². The van der Waals surface area contributed by atoms with Crippen molar-refractivity contribution in [1.82, 2.24) is 15.0 Å². The van der Waals surface area contributed by atoms with Crippen molar-refractivity contribution < 1.29 is 19.1 Å². The molecular formula is C14H16N4O5S2. The molecular weight excluding hydrogens is 368 g/mol. The van der Waals surface area contributed by atoms with Crippen molar-refractivity contribution in [1.29, 1.82) is 0 Å². The lowest BCUT2D eigenvalue weighted by atomic mass is 10.4. The maximum atomic E-state index is 12.0. The van der Waals surface area contributed by atoms with Crippen LogP contribution in [0.4, 0.5) is 5.13 Å². The highest BCUT2D eigenvalue weighted by Crippen LogP contribution is 2.24. The van der Waals surface area contributed by atoms with Crippen LogP contribution in [0.25, 0.3) is 0 Å². The number of rotatable bonds is 7. The number of thioether (sulfide) groups is 1. The first-order chi connectivity index (χ1) is 11.9. The van der Waals surface area contributed by atoms with E-state index in [-0.39, 0.29) is 34.9 Å². The molecule has 2 aromatic rings. The average Bonchev–Trinajstić information content (AvgIpc) is 2.93. The Morgan fingerprint density at radius 3 is 2.84 bits per heavy atom. The first-order valence-corrected chi connectivity index (χ1v) is 8.95. The van der Waals surface area contributed by atoms with Crippen LogP contribution in [0.5, 0.6) is 5.88 Å². The Morgan fingerprint density at radius 2 is 2.16 bits per heavy atom. The van der Waals surface area contributed by atoms with Crippen LogP contribution < -0.4 is 15.6 Å². The second kappa shape index (κ2) is 8.62. The quantitative estimate of drug-likeness (QED) is 0.418. The molecule has 0 radical (unpaired) electrons. The Balaban J connectivity index is 1.97. The Kier molecular flexibility index (Phi) is 6.53. The number of aryl methyl sites for hydroxylation is 1. The maximum absolute atomic E-state index is 12.0. The van der Waals surface area contributed by atoms with Gasteiger partial charge in [0.15, 0.2) is 10.3 Å². The Labute approximate surface area is 151 Å². The number of aromatic nitrogens is 3. The third kappa shape index (κ3) is 5.29. The number of esters is 1. The van der Waals surface area contributed by atoms with Crippen molar-refractivity contribution in [3.05, 3.63) is 27.0 Å². The number of carbonyl (C=O) groups is 2. The van der Waals surface area contributed by atoms with Crippen molar-refractivity contribution in [2.45, 2.75) is 19.0 Å². The summed E-state index contributed by atoms with van der Waals surface area (Å²) in [5.74, 6) is -0.643. The standard InChI is InChI=1S/C14H16N4O5S2/c1-4-23-12(21)11-7(2)15-14(25-11)17-9(20)6-24-13-16-8(19)5-10(18-13)22-3/h5H,4,6H2,1-3H3,(H,15,17,20)(H,16,18,19). The van der Waals surface area contributed by atoms with Gasteiger partial charge in [-0.1, -0.05) is 23.1 Å². The third-order valence-electron chi connectivity index (χ3n) is 2.75. The van der Waals surface area contributed by atoms with E-state index in [1.807, 2.05) is 0 Å². The molecule has 2 N–H and O–H groups in total. The summed E-state index contributed by atoms with van der Waals surface area (Å²) in [4.78, 5) is 46.2. The fraction of sp³-hybridized carbons (Fsp3) is 0.357. The van der Waals surface area contributed by atoms with Crippen molar-refractivity contribution in [2.75, 3.05) is 24.8 Å². The van der Waals surface area contributed by atoms with Crippen LogP contribution in [0.15, 0.2) is 16.0 Å². The summed E-state index contributed by atoms with van der Waals surface area (Å²) in [7, 11) is 1.40. The molecule has 1 amide bonds. The van der Waals surface area contributed by atoms with Crippen LogP contribution in [-0.4, -0.2) is 46.3 Å². The van der Waals surface area contributed by atoms with Gasteiger partial charge < -0.3 is 19.8 Å². The number of methoxy groups -OCH3 is 1. The number of anilines is 1. The number of hydrogen-bond acceptors (Lipinski definition) is 9. The van der Waals surface area contributed by atoms with Crippen LogP contribution in [0.3, 0.4) is 0 Å². The molecule has 0 saturated carbocycles. The predicted molar refractivity (Wildman–Crippen MR) is 93.6 cm³/mol. The summed E-state index contributed by atoms with van der Waals surface area (Å²) in [5.41, 5.74) is 0.120. The lowest BCUT2D eigenvalue weighted by molar-refractivity contribution is -0.113. The molecule has 134 valence electrons. The zero-order valence-electron chi connectivity index (χ0n) is 13.7.